The van der Waals surface area contributed by atoms with Crippen LogP contribution in [0.2, 0.25) is 0 Å². The maximum atomic E-state index is 11.8. The Hall–Kier alpha value is -1.74. The Morgan fingerprint density at radius 2 is 1.77 bits per heavy atom. The largest absolute Gasteiger partial charge is 0.492 e. The van der Waals surface area contributed by atoms with Crippen molar-refractivity contribution in [2.75, 3.05) is 12.4 Å². The van der Waals surface area contributed by atoms with Crippen LogP contribution in [0, 0.1) is 5.92 Å². The maximum Gasteiger partial charge on any atom is 0.191 e. The molecule has 0 saturated carbocycles. The van der Waals surface area contributed by atoms with Gasteiger partial charge in [0.2, 0.25) is 0 Å². The second-order valence-corrected chi connectivity index (χ2v) is 6.29. The Morgan fingerprint density at radius 1 is 1.09 bits per heavy atom. The van der Waals surface area contributed by atoms with E-state index in [1.165, 1.54) is 11.8 Å². The number of hydrogen-bond acceptors (Lipinski definition) is 3. The van der Waals surface area contributed by atoms with Crippen molar-refractivity contribution < 1.29 is 9.53 Å². The van der Waals surface area contributed by atoms with E-state index < -0.39 is 0 Å². The quantitative estimate of drug-likeness (QED) is 0.670. The Kier molecular flexibility index (Phi) is 6.53. The minimum absolute atomic E-state index is 0.126. The van der Waals surface area contributed by atoms with Gasteiger partial charge < -0.3 is 4.74 Å². The van der Waals surface area contributed by atoms with Crippen LogP contribution < -0.4 is 4.74 Å². The number of carbonyl (C=O) groups is 1. The number of para-hydroxylation sites is 1. The molecule has 2 rings (SSSR count). The fourth-order valence-corrected chi connectivity index (χ4v) is 2.87. The van der Waals surface area contributed by atoms with E-state index in [0.717, 1.165) is 23.3 Å². The smallest absolute Gasteiger partial charge is 0.191 e. The summed E-state index contributed by atoms with van der Waals surface area (Å²) < 4.78 is 5.88. The summed E-state index contributed by atoms with van der Waals surface area (Å²) in [7, 11) is 0. The van der Waals surface area contributed by atoms with Gasteiger partial charge in [0.1, 0.15) is 5.75 Å². The molecule has 0 aliphatic rings. The molecule has 22 heavy (non-hydrogen) atoms. The molecule has 0 fully saturated rings. The zero-order valence-corrected chi connectivity index (χ0v) is 13.9. The lowest BCUT2D eigenvalue weighted by Crippen LogP contribution is -2.09. The summed E-state index contributed by atoms with van der Waals surface area (Å²) >= 11 is 1.37. The monoisotopic (exact) mass is 314 g/mol. The maximum absolute atomic E-state index is 11.8. The van der Waals surface area contributed by atoms with E-state index in [-0.39, 0.29) is 11.0 Å². The van der Waals surface area contributed by atoms with Gasteiger partial charge in [-0.1, -0.05) is 74.1 Å². The molecule has 0 heterocycles. The molecular weight excluding hydrogens is 292 g/mol. The number of benzene rings is 2. The van der Waals surface area contributed by atoms with Crippen LogP contribution in [0.15, 0.2) is 54.6 Å². The summed E-state index contributed by atoms with van der Waals surface area (Å²) in [5.41, 5.74) is 2.22. The first-order valence-electron chi connectivity index (χ1n) is 7.66. The Labute approximate surface area is 136 Å². The third kappa shape index (κ3) is 4.63. The van der Waals surface area contributed by atoms with E-state index in [2.05, 4.69) is 18.2 Å². The van der Waals surface area contributed by atoms with Gasteiger partial charge in [-0.05, 0) is 18.1 Å². The fraction of sp³-hybridized carbons (Fsp3) is 0.316. The molecule has 2 aromatic carbocycles. The van der Waals surface area contributed by atoms with Gasteiger partial charge in [0.05, 0.1) is 6.61 Å². The molecule has 0 radical (unpaired) electrons. The third-order valence-corrected chi connectivity index (χ3v) is 4.63. The molecule has 0 aromatic heterocycles. The molecule has 0 bridgehead atoms. The molecule has 0 amide bonds. The lowest BCUT2D eigenvalue weighted by atomic mass is 10.1. The van der Waals surface area contributed by atoms with Gasteiger partial charge in [-0.15, -0.1) is 0 Å². The van der Waals surface area contributed by atoms with Crippen LogP contribution >= 0.6 is 11.8 Å². The van der Waals surface area contributed by atoms with Crippen molar-refractivity contribution in [3.05, 3.63) is 54.6 Å². The predicted molar refractivity (Wildman–Crippen MR) is 94.3 cm³/mol. The van der Waals surface area contributed by atoms with Gasteiger partial charge in [-0.2, -0.15) is 0 Å². The molecule has 116 valence electrons. The normalized spacial score (nSPS) is 11.9. The number of hydrogen-bond donors (Lipinski definition) is 0. The summed E-state index contributed by atoms with van der Waals surface area (Å²) in [6.07, 6.45) is 0.892. The van der Waals surface area contributed by atoms with Crippen molar-refractivity contribution in [1.82, 2.24) is 0 Å². The molecule has 0 aliphatic carbocycles. The van der Waals surface area contributed by atoms with Crippen molar-refractivity contribution in [1.29, 1.82) is 0 Å². The summed E-state index contributed by atoms with van der Waals surface area (Å²) in [6, 6.07) is 18.2. The van der Waals surface area contributed by atoms with Gasteiger partial charge in [0.25, 0.3) is 0 Å². The van der Waals surface area contributed by atoms with E-state index in [1.807, 2.05) is 50.2 Å². The minimum atomic E-state index is 0.126. The highest BCUT2D eigenvalue weighted by Gasteiger charge is 2.11. The molecule has 0 N–H and O–H groups in total. The SMILES string of the molecule is CCC(C)C(=O)SCCOc1ccccc1-c1ccccc1. The fourth-order valence-electron chi connectivity index (χ4n) is 2.05. The van der Waals surface area contributed by atoms with Crippen molar-refractivity contribution in [3.63, 3.8) is 0 Å². The van der Waals surface area contributed by atoms with Gasteiger partial charge in [-0.25, -0.2) is 0 Å². The minimum Gasteiger partial charge on any atom is -0.492 e. The highest BCUT2D eigenvalue weighted by Crippen LogP contribution is 2.29. The molecule has 0 aliphatic heterocycles. The average molecular weight is 314 g/mol. The van der Waals surface area contributed by atoms with Gasteiger partial charge in [-0.3, -0.25) is 4.79 Å². The Bertz CT molecular complexity index is 595. The molecule has 0 saturated heterocycles. The first kappa shape index (κ1) is 16.6. The molecule has 0 spiro atoms. The van der Waals surface area contributed by atoms with Crippen molar-refractivity contribution in [3.8, 4) is 16.9 Å². The van der Waals surface area contributed by atoms with Crippen molar-refractivity contribution in [2.45, 2.75) is 20.3 Å². The zero-order chi connectivity index (χ0) is 15.8. The molecule has 1 atom stereocenters. The van der Waals surface area contributed by atoms with Crippen molar-refractivity contribution >= 4 is 16.9 Å². The van der Waals surface area contributed by atoms with E-state index in [0.29, 0.717) is 12.4 Å². The van der Waals surface area contributed by atoms with E-state index in [4.69, 9.17) is 4.74 Å². The van der Waals surface area contributed by atoms with Crippen LogP contribution in [0.3, 0.4) is 0 Å². The number of carbonyl (C=O) groups excluding carboxylic acids is 1. The second-order valence-electron chi connectivity index (χ2n) is 5.19. The molecule has 1 unspecified atom stereocenters. The summed E-state index contributed by atoms with van der Waals surface area (Å²) in [5, 5.41) is 0.252. The van der Waals surface area contributed by atoms with E-state index in [9.17, 15) is 4.79 Å². The third-order valence-electron chi connectivity index (χ3n) is 3.57. The highest BCUT2D eigenvalue weighted by molar-refractivity contribution is 8.13. The Morgan fingerprint density at radius 3 is 2.50 bits per heavy atom. The summed E-state index contributed by atoms with van der Waals surface area (Å²) in [4.78, 5) is 11.8. The lowest BCUT2D eigenvalue weighted by Gasteiger charge is -2.12. The topological polar surface area (TPSA) is 26.3 Å². The second kappa shape index (κ2) is 8.64. The first-order valence-corrected chi connectivity index (χ1v) is 8.64. The standard InChI is InChI=1S/C19H22O2S/c1-3-15(2)19(20)22-14-13-21-18-12-8-7-11-17(18)16-9-5-4-6-10-16/h4-12,15H,3,13-14H2,1-2H3. The van der Waals surface area contributed by atoms with Gasteiger partial charge >= 0.3 is 0 Å². The summed E-state index contributed by atoms with van der Waals surface area (Å²) in [6.45, 7) is 4.55. The van der Waals surface area contributed by atoms with Crippen molar-refractivity contribution in [2.24, 2.45) is 5.92 Å². The van der Waals surface area contributed by atoms with Gasteiger partial charge in [0, 0.05) is 17.2 Å². The number of thioether (sulfide) groups is 1. The molecule has 3 heteroatoms. The van der Waals surface area contributed by atoms with Crippen LogP contribution in [-0.2, 0) is 4.79 Å². The van der Waals surface area contributed by atoms with Crippen LogP contribution in [-0.4, -0.2) is 17.5 Å². The van der Waals surface area contributed by atoms with Crippen LogP contribution in [0.1, 0.15) is 20.3 Å². The average Bonchev–Trinajstić information content (AvgIpc) is 2.59. The van der Waals surface area contributed by atoms with E-state index in [1.54, 1.807) is 0 Å². The number of ether oxygens (including phenoxy) is 1. The zero-order valence-electron chi connectivity index (χ0n) is 13.1. The lowest BCUT2D eigenvalue weighted by molar-refractivity contribution is -0.114. The highest BCUT2D eigenvalue weighted by atomic mass is 32.2. The van der Waals surface area contributed by atoms with E-state index >= 15 is 0 Å². The molecular formula is C19H22O2S. The van der Waals surface area contributed by atoms with Crippen LogP contribution in [0.25, 0.3) is 11.1 Å². The Balaban J connectivity index is 1.93. The predicted octanol–water partition coefficient (Wildman–Crippen LogP) is 5.04. The molecule has 2 aromatic rings. The van der Waals surface area contributed by atoms with Gasteiger partial charge in [0.15, 0.2) is 5.12 Å². The summed E-state index contributed by atoms with van der Waals surface area (Å²) in [5.74, 6) is 1.68. The van der Waals surface area contributed by atoms with Crippen LogP contribution in [0.5, 0.6) is 5.75 Å². The first-order chi connectivity index (χ1) is 10.7. The molecule has 2 nitrogen and oxygen atoms in total. The number of rotatable bonds is 7. The van der Waals surface area contributed by atoms with Crippen LogP contribution in [0.4, 0.5) is 0 Å².